The van der Waals surface area contributed by atoms with Gasteiger partial charge in [0, 0.05) is 69.1 Å². The number of hydrogen-bond acceptors (Lipinski definition) is 9. The highest BCUT2D eigenvalue weighted by Gasteiger charge is 2.58. The van der Waals surface area contributed by atoms with Crippen molar-refractivity contribution in [1.29, 1.82) is 0 Å². The Morgan fingerprint density at radius 2 is 1.24 bits per heavy atom. The van der Waals surface area contributed by atoms with Crippen molar-refractivity contribution in [1.82, 2.24) is 40.0 Å². The van der Waals surface area contributed by atoms with E-state index in [9.17, 15) is 24.3 Å². The van der Waals surface area contributed by atoms with Crippen LogP contribution in [0, 0.1) is 23.7 Å². The first-order chi connectivity index (χ1) is 32.2. The molecule has 66 heavy (non-hydrogen) atoms. The predicted molar refractivity (Wildman–Crippen MR) is 243 cm³/mol. The summed E-state index contributed by atoms with van der Waals surface area (Å²) in [7, 11) is 2.83. The van der Waals surface area contributed by atoms with Crippen LogP contribution in [0.3, 0.4) is 0 Å². The van der Waals surface area contributed by atoms with E-state index in [0.29, 0.717) is 63.9 Å². The number of aromatic amines is 2. The van der Waals surface area contributed by atoms with Gasteiger partial charge < -0.3 is 44.4 Å². The zero-order valence-corrected chi connectivity index (χ0v) is 37.2. The van der Waals surface area contributed by atoms with Gasteiger partial charge in [0.05, 0.1) is 30.6 Å². The van der Waals surface area contributed by atoms with Gasteiger partial charge in [0.25, 0.3) is 0 Å². The number of carboxylic acid groups (broad SMARTS) is 1. The summed E-state index contributed by atoms with van der Waals surface area (Å²) in [6, 6.07) is 19.3. The average molecular weight is 897 g/mol. The second-order valence-electron chi connectivity index (χ2n) is 19.1. The lowest BCUT2D eigenvalue weighted by molar-refractivity contribution is -0.141. The molecule has 11 rings (SSSR count). The number of hydrogen-bond donors (Lipinski definition) is 4. The van der Waals surface area contributed by atoms with E-state index in [1.165, 1.54) is 19.1 Å². The number of nitrogens with zero attached hydrogens (tertiary/aromatic N) is 5. The Balaban J connectivity index is 0.818. The zero-order chi connectivity index (χ0) is 45.2. The Hall–Kier alpha value is -6.26. The van der Waals surface area contributed by atoms with Gasteiger partial charge in [0.2, 0.25) is 11.8 Å². The van der Waals surface area contributed by atoms with Crippen LogP contribution < -0.4 is 5.32 Å². The molecule has 3 aromatic carbocycles. The normalized spacial score (nSPS) is 25.8. The van der Waals surface area contributed by atoms with Crippen molar-refractivity contribution in [2.45, 2.75) is 87.6 Å². The van der Waals surface area contributed by atoms with Gasteiger partial charge in [-0.3, -0.25) is 14.5 Å². The molecule has 16 heteroatoms. The van der Waals surface area contributed by atoms with Gasteiger partial charge in [-0.15, -0.1) is 0 Å². The molecule has 0 unspecified atom stereocenters. The summed E-state index contributed by atoms with van der Waals surface area (Å²) >= 11 is 0. The third-order valence-electron chi connectivity index (χ3n) is 15.4. The number of alkyl carbamates (subject to hydrolysis) is 1. The van der Waals surface area contributed by atoms with Crippen LogP contribution in [0.15, 0.2) is 73.1 Å². The fourth-order valence-corrected chi connectivity index (χ4v) is 11.7. The number of likely N-dealkylation sites (tertiary alicyclic amines) is 2. The fourth-order valence-electron chi connectivity index (χ4n) is 11.7. The molecule has 4 saturated heterocycles. The van der Waals surface area contributed by atoms with Crippen molar-refractivity contribution in [2.24, 2.45) is 23.7 Å². The molecule has 6 fully saturated rings. The van der Waals surface area contributed by atoms with Gasteiger partial charge >= 0.3 is 12.2 Å². The molecular weight excluding hydrogens is 841 g/mol. The summed E-state index contributed by atoms with van der Waals surface area (Å²) < 4.78 is 16.1. The lowest BCUT2D eigenvalue weighted by Crippen LogP contribution is -2.54. The van der Waals surface area contributed by atoms with E-state index in [0.717, 1.165) is 81.7 Å². The summed E-state index contributed by atoms with van der Waals surface area (Å²) in [6.45, 7) is 2.16. The Morgan fingerprint density at radius 3 is 1.85 bits per heavy atom. The van der Waals surface area contributed by atoms with E-state index in [1.807, 2.05) is 22.2 Å². The number of piperidine rings is 2. The first-order valence-electron chi connectivity index (χ1n) is 23.5. The predicted octanol–water partition coefficient (Wildman–Crippen LogP) is 7.17. The van der Waals surface area contributed by atoms with Crippen LogP contribution >= 0.6 is 0 Å². The number of fused-ring (bicyclic) bond motifs is 3. The molecule has 6 aliphatic rings. The third-order valence-corrected chi connectivity index (χ3v) is 15.4. The van der Waals surface area contributed by atoms with Gasteiger partial charge in [-0.2, -0.15) is 0 Å². The Bertz CT molecular complexity index is 2650. The second kappa shape index (κ2) is 17.2. The highest BCUT2D eigenvalue weighted by atomic mass is 16.5. The van der Waals surface area contributed by atoms with Crippen LogP contribution in [0.1, 0.15) is 75.1 Å². The molecule has 0 spiro atoms. The summed E-state index contributed by atoms with van der Waals surface area (Å²) in [4.78, 5) is 75.5. The van der Waals surface area contributed by atoms with Crippen LogP contribution in [0.25, 0.3) is 44.4 Å². The molecule has 4 amide bonds. The molecular formula is C50H56N8O8. The number of methoxy groups -OCH3 is 1. The van der Waals surface area contributed by atoms with Crippen LogP contribution in [0.2, 0.25) is 0 Å². The average Bonchev–Trinajstić information content (AvgIpc) is 3.93. The first-order valence-corrected chi connectivity index (χ1v) is 23.5. The summed E-state index contributed by atoms with van der Waals surface area (Å²) in [5.74, 6) is 1.92. The van der Waals surface area contributed by atoms with Crippen molar-refractivity contribution in [3.05, 3.63) is 84.7 Å². The van der Waals surface area contributed by atoms with Gasteiger partial charge in [0.1, 0.15) is 23.7 Å². The molecule has 8 atom stereocenters. The molecule has 16 nitrogen and oxygen atoms in total. The summed E-state index contributed by atoms with van der Waals surface area (Å²) in [5.41, 5.74) is 5.63. The monoisotopic (exact) mass is 896 g/mol. The first kappa shape index (κ1) is 42.4. The number of amides is 4. The Morgan fingerprint density at radius 1 is 0.712 bits per heavy atom. The SMILES string of the molecule is COC(=O)N[C@H](C(=O)N1[C@@H]2C[C@@H]2C[C@H]1c1nc(-c2cccc3c(-c4ccc(-c5c[nH]c([C@@H]6C[C@H]7C[C@H]7N6C(=O)[C@H](C6CCOCC6)N(C)C(=O)O)n5)cc4)cccc23)c[nH]1)C1CCOCC1. The largest absolute Gasteiger partial charge is 0.465 e. The molecule has 4 aliphatic heterocycles. The minimum absolute atomic E-state index is 0.0372. The molecule has 2 aromatic heterocycles. The van der Waals surface area contributed by atoms with Crippen molar-refractivity contribution in [3.63, 3.8) is 0 Å². The van der Waals surface area contributed by atoms with Crippen molar-refractivity contribution in [2.75, 3.05) is 40.6 Å². The third kappa shape index (κ3) is 7.66. The highest BCUT2D eigenvalue weighted by Crippen LogP contribution is 2.55. The number of ether oxygens (including phenoxy) is 3. The maximum atomic E-state index is 14.4. The van der Waals surface area contributed by atoms with Crippen LogP contribution in [0.5, 0.6) is 0 Å². The molecule has 2 saturated carbocycles. The number of imidazole rings is 2. The number of carbonyl (C=O) groups excluding carboxylic acids is 3. The van der Waals surface area contributed by atoms with Crippen LogP contribution in [-0.4, -0.2) is 128 Å². The van der Waals surface area contributed by atoms with Crippen molar-refractivity contribution >= 4 is 34.8 Å². The van der Waals surface area contributed by atoms with E-state index < -0.39 is 24.3 Å². The minimum Gasteiger partial charge on any atom is -0.465 e. The molecule has 6 heterocycles. The molecule has 0 bridgehead atoms. The van der Waals surface area contributed by atoms with Gasteiger partial charge in [-0.1, -0.05) is 60.7 Å². The number of benzene rings is 3. The number of nitrogens with one attached hydrogen (secondary N) is 3. The molecule has 5 aromatic rings. The van der Waals surface area contributed by atoms with E-state index in [2.05, 4.69) is 75.9 Å². The van der Waals surface area contributed by atoms with Crippen LogP contribution in [0.4, 0.5) is 9.59 Å². The van der Waals surface area contributed by atoms with Crippen LogP contribution in [-0.2, 0) is 23.8 Å². The number of carbonyl (C=O) groups is 4. The second-order valence-corrected chi connectivity index (χ2v) is 19.1. The maximum Gasteiger partial charge on any atom is 0.407 e. The van der Waals surface area contributed by atoms with Gasteiger partial charge in [-0.25, -0.2) is 19.6 Å². The van der Waals surface area contributed by atoms with E-state index in [4.69, 9.17) is 24.2 Å². The maximum absolute atomic E-state index is 14.4. The Labute approximate surface area is 382 Å². The fraction of sp³-hybridized carbons (Fsp3) is 0.480. The minimum atomic E-state index is -1.10. The number of H-pyrrole nitrogens is 2. The summed E-state index contributed by atoms with van der Waals surface area (Å²) in [5, 5.41) is 15.0. The highest BCUT2D eigenvalue weighted by molar-refractivity contribution is 6.04. The lowest BCUT2D eigenvalue weighted by Gasteiger charge is -2.38. The standard InChI is InChI=1S/C50H56N8O8/c1-56(50(62)63)44(30-15-19-66-20-16-30)48(60)58-40-22-32(40)24-42(58)45-51-25-37(53-45)28-11-9-27(10-12-28)33-5-3-7-35-34(33)6-4-8-36(35)38-26-52-46(54-38)41-23-31-21-39(31)57(41)47(59)43(55-49(61)64-2)29-13-17-65-18-14-29/h3-12,25-26,29-32,39-44H,13-24H2,1-2H3,(H,51,53)(H,52,54)(H,55,61)(H,62,63)/t31-,32-,39-,40-,41+,42+,43+,44+/m1/s1. The summed E-state index contributed by atoms with van der Waals surface area (Å²) in [6.07, 6.45) is 8.31. The topological polar surface area (TPSA) is 195 Å². The van der Waals surface area contributed by atoms with Crippen molar-refractivity contribution < 1.29 is 38.5 Å². The van der Waals surface area contributed by atoms with Gasteiger partial charge in [0.15, 0.2) is 0 Å². The van der Waals surface area contributed by atoms with E-state index >= 15 is 0 Å². The van der Waals surface area contributed by atoms with Gasteiger partial charge in [-0.05, 0) is 96.9 Å². The molecule has 2 aliphatic carbocycles. The molecule has 344 valence electrons. The zero-order valence-electron chi connectivity index (χ0n) is 37.2. The quantitative estimate of drug-likeness (QED) is 0.106. The number of likely N-dealkylation sites (N-methyl/N-ethyl adjacent to an activating group) is 1. The smallest absolute Gasteiger partial charge is 0.407 e. The lowest BCUT2D eigenvalue weighted by atomic mass is 9.89. The molecule has 4 N–H and O–H groups in total. The van der Waals surface area contributed by atoms with Crippen molar-refractivity contribution in [3.8, 4) is 33.6 Å². The number of rotatable bonds is 11. The van der Waals surface area contributed by atoms with E-state index in [1.54, 1.807) is 0 Å². The number of aromatic nitrogens is 4. The molecule has 0 radical (unpaired) electrons. The Kier molecular flexibility index (Phi) is 11.0. The van der Waals surface area contributed by atoms with E-state index in [-0.39, 0.29) is 47.8 Å².